The Hall–Kier alpha value is -3.03. The molecule has 4 rings (SSSR count). The number of oxazole rings is 1. The second-order valence-electron chi connectivity index (χ2n) is 8.48. The number of piperidine rings is 1. The monoisotopic (exact) mass is 412 g/mol. The van der Waals surface area contributed by atoms with Crippen molar-refractivity contribution >= 4 is 17.8 Å². The van der Waals surface area contributed by atoms with E-state index in [1.54, 1.807) is 4.90 Å². The number of carbonyl (C=O) groups excluding carboxylic acids is 2. The third kappa shape index (κ3) is 4.58. The van der Waals surface area contributed by atoms with E-state index in [1.807, 2.05) is 38.4 Å². The summed E-state index contributed by atoms with van der Waals surface area (Å²) in [6.45, 7) is 0.874. The highest BCUT2D eigenvalue weighted by Gasteiger charge is 2.53. The molecule has 1 saturated heterocycles. The molecule has 8 nitrogen and oxygen atoms in total. The number of hydrogen-bond donors (Lipinski definition) is 1. The average Bonchev–Trinajstić information content (AvgIpc) is 3.27. The average molecular weight is 412 g/mol. The number of rotatable bonds is 5. The van der Waals surface area contributed by atoms with Gasteiger partial charge in [-0.05, 0) is 55.7 Å². The van der Waals surface area contributed by atoms with Gasteiger partial charge in [0, 0.05) is 31.9 Å². The van der Waals surface area contributed by atoms with E-state index in [4.69, 9.17) is 9.15 Å². The van der Waals surface area contributed by atoms with Gasteiger partial charge in [-0.25, -0.2) is 14.6 Å². The molecule has 2 aromatic rings. The molecule has 8 heteroatoms. The van der Waals surface area contributed by atoms with Gasteiger partial charge in [-0.1, -0.05) is 12.1 Å². The number of likely N-dealkylation sites (tertiary alicyclic amines) is 1. The second kappa shape index (κ2) is 8.38. The minimum absolute atomic E-state index is 0.0424. The highest BCUT2D eigenvalue weighted by molar-refractivity contribution is 5.84. The molecule has 1 aromatic heterocycles. The molecule has 1 unspecified atom stereocenters. The van der Waals surface area contributed by atoms with Crippen LogP contribution in [0.5, 0.6) is 0 Å². The lowest BCUT2D eigenvalue weighted by atomic mass is 9.84. The molecule has 1 aromatic carbocycles. The fourth-order valence-electron chi connectivity index (χ4n) is 4.29. The molecule has 1 saturated carbocycles. The van der Waals surface area contributed by atoms with E-state index in [9.17, 15) is 9.59 Å². The first-order chi connectivity index (χ1) is 14.4. The summed E-state index contributed by atoms with van der Waals surface area (Å²) in [5.41, 5.74) is 2.01. The van der Waals surface area contributed by atoms with Gasteiger partial charge < -0.3 is 19.0 Å². The molecule has 1 aliphatic heterocycles. The molecule has 1 spiro atoms. The molecule has 30 heavy (non-hydrogen) atoms. The largest absolute Gasteiger partial charge is 0.445 e. The first kappa shape index (κ1) is 20.3. The van der Waals surface area contributed by atoms with E-state index < -0.39 is 6.09 Å². The van der Waals surface area contributed by atoms with Crippen LogP contribution in [0.4, 0.5) is 15.3 Å². The fourth-order valence-corrected chi connectivity index (χ4v) is 4.29. The van der Waals surface area contributed by atoms with Crippen molar-refractivity contribution in [3.05, 3.63) is 48.2 Å². The molecule has 2 heterocycles. The second-order valence-corrected chi connectivity index (χ2v) is 8.48. The highest BCUT2D eigenvalue weighted by atomic mass is 16.6. The summed E-state index contributed by atoms with van der Waals surface area (Å²) in [7, 11) is 3.65. The Bertz CT molecular complexity index is 875. The minimum Gasteiger partial charge on any atom is -0.445 e. The van der Waals surface area contributed by atoms with Gasteiger partial charge in [-0.3, -0.25) is 5.32 Å². The summed E-state index contributed by atoms with van der Waals surface area (Å²) >= 11 is 0. The van der Waals surface area contributed by atoms with E-state index in [2.05, 4.69) is 15.2 Å². The van der Waals surface area contributed by atoms with Gasteiger partial charge in [-0.2, -0.15) is 0 Å². The third-order valence-corrected chi connectivity index (χ3v) is 6.00. The zero-order chi connectivity index (χ0) is 21.1. The number of amides is 3. The Balaban J connectivity index is 1.27. The van der Waals surface area contributed by atoms with Crippen molar-refractivity contribution in [1.29, 1.82) is 0 Å². The van der Waals surface area contributed by atoms with Crippen LogP contribution in [0.3, 0.4) is 0 Å². The fraction of sp³-hybridized carbons (Fsp3) is 0.500. The van der Waals surface area contributed by atoms with Crippen molar-refractivity contribution in [1.82, 2.24) is 14.8 Å². The predicted molar refractivity (Wildman–Crippen MR) is 111 cm³/mol. The predicted octanol–water partition coefficient (Wildman–Crippen LogP) is 3.89. The van der Waals surface area contributed by atoms with Crippen LogP contribution in [-0.2, 0) is 17.8 Å². The van der Waals surface area contributed by atoms with Crippen molar-refractivity contribution < 1.29 is 18.7 Å². The van der Waals surface area contributed by atoms with E-state index in [0.717, 1.165) is 38.6 Å². The maximum absolute atomic E-state index is 12.5. The van der Waals surface area contributed by atoms with Gasteiger partial charge in [0.1, 0.15) is 0 Å². The lowest BCUT2D eigenvalue weighted by molar-refractivity contribution is 0.0969. The van der Waals surface area contributed by atoms with Gasteiger partial charge in [0.15, 0.2) is 18.8 Å². The van der Waals surface area contributed by atoms with Gasteiger partial charge in [-0.15, -0.1) is 0 Å². The van der Waals surface area contributed by atoms with Crippen LogP contribution >= 0.6 is 0 Å². The van der Waals surface area contributed by atoms with E-state index in [-0.39, 0.29) is 18.2 Å². The number of urea groups is 1. The number of ether oxygens (including phenoxy) is 1. The summed E-state index contributed by atoms with van der Waals surface area (Å²) in [4.78, 5) is 31.9. The number of carbonyl (C=O) groups is 2. The van der Waals surface area contributed by atoms with Crippen molar-refractivity contribution in [3.63, 3.8) is 0 Å². The smallest absolute Gasteiger partial charge is 0.412 e. The number of aromatic nitrogens is 1. The molecule has 2 fully saturated rings. The third-order valence-electron chi connectivity index (χ3n) is 6.00. The molecule has 0 radical (unpaired) electrons. The Morgan fingerprint density at radius 3 is 2.70 bits per heavy atom. The zero-order valence-corrected chi connectivity index (χ0v) is 17.5. The number of hydrogen-bond acceptors (Lipinski definition) is 5. The van der Waals surface area contributed by atoms with Crippen LogP contribution in [0.2, 0.25) is 0 Å². The van der Waals surface area contributed by atoms with E-state index >= 15 is 0 Å². The summed E-state index contributed by atoms with van der Waals surface area (Å²) < 4.78 is 10.1. The Morgan fingerprint density at radius 2 is 2.07 bits per heavy atom. The van der Waals surface area contributed by atoms with Crippen molar-refractivity contribution in [2.75, 3.05) is 26.0 Å². The minimum atomic E-state index is -0.534. The van der Waals surface area contributed by atoms with Gasteiger partial charge >= 0.3 is 12.1 Å². The summed E-state index contributed by atoms with van der Waals surface area (Å²) in [5, 5.41) is 2.72. The SMILES string of the molecule is CN(C)C(=O)N1CCC(Cc2ccc(NC(=O)OCc3cnco3)cc2)CC12CC2. The molecule has 2 aliphatic rings. The Morgan fingerprint density at radius 1 is 1.30 bits per heavy atom. The molecule has 1 aliphatic carbocycles. The summed E-state index contributed by atoms with van der Waals surface area (Å²) in [6, 6.07) is 8.01. The molecular weight excluding hydrogens is 384 g/mol. The summed E-state index contributed by atoms with van der Waals surface area (Å²) in [5.74, 6) is 1.07. The number of nitrogens with zero attached hydrogens (tertiary/aromatic N) is 3. The normalized spacial score (nSPS) is 19.4. The quantitative estimate of drug-likeness (QED) is 0.805. The Labute approximate surface area is 176 Å². The lowest BCUT2D eigenvalue weighted by Crippen LogP contribution is -2.51. The number of benzene rings is 1. The maximum Gasteiger partial charge on any atom is 0.412 e. The highest BCUT2D eigenvalue weighted by Crippen LogP contribution is 2.50. The van der Waals surface area contributed by atoms with E-state index in [1.165, 1.54) is 18.2 Å². The van der Waals surface area contributed by atoms with Gasteiger partial charge in [0.25, 0.3) is 0 Å². The molecule has 3 amide bonds. The van der Waals surface area contributed by atoms with Crippen LogP contribution in [0.15, 0.2) is 41.3 Å². The van der Waals surface area contributed by atoms with Crippen LogP contribution in [-0.4, -0.2) is 53.1 Å². The summed E-state index contributed by atoms with van der Waals surface area (Å²) in [6.07, 6.45) is 7.58. The topological polar surface area (TPSA) is 87.9 Å². The van der Waals surface area contributed by atoms with Gasteiger partial charge in [0.05, 0.1) is 6.20 Å². The number of anilines is 1. The van der Waals surface area contributed by atoms with Crippen molar-refractivity contribution in [2.45, 2.75) is 44.2 Å². The molecule has 160 valence electrons. The van der Waals surface area contributed by atoms with Crippen LogP contribution < -0.4 is 5.32 Å². The van der Waals surface area contributed by atoms with Crippen molar-refractivity contribution in [2.24, 2.45) is 5.92 Å². The lowest BCUT2D eigenvalue weighted by Gasteiger charge is -2.41. The number of nitrogens with one attached hydrogen (secondary N) is 1. The molecular formula is C22H28N4O4. The van der Waals surface area contributed by atoms with Crippen molar-refractivity contribution in [3.8, 4) is 0 Å². The standard InChI is InChI=1S/C22H28N4O4/c1-25(2)21(28)26-10-7-17(12-22(26)8-9-22)11-16-3-5-18(6-4-16)24-20(27)29-14-19-13-23-15-30-19/h3-6,13,15,17H,7-12,14H2,1-2H3,(H,24,27). The van der Waals surface area contributed by atoms with Crippen LogP contribution in [0.25, 0.3) is 0 Å². The van der Waals surface area contributed by atoms with Gasteiger partial charge in [0.2, 0.25) is 0 Å². The molecule has 1 N–H and O–H groups in total. The first-order valence-electron chi connectivity index (χ1n) is 10.3. The van der Waals surface area contributed by atoms with E-state index in [0.29, 0.717) is 17.4 Å². The molecule has 1 atom stereocenters. The van der Waals surface area contributed by atoms with Crippen LogP contribution in [0, 0.1) is 5.92 Å². The molecule has 0 bridgehead atoms. The Kier molecular flexibility index (Phi) is 5.65. The zero-order valence-electron chi connectivity index (χ0n) is 17.5. The van der Waals surface area contributed by atoms with Crippen LogP contribution in [0.1, 0.15) is 37.0 Å². The first-order valence-corrected chi connectivity index (χ1v) is 10.3. The maximum atomic E-state index is 12.5.